The number of hydrogen-bond acceptors (Lipinski definition) is 1. The molecule has 0 aromatic heterocycles. The van der Waals surface area contributed by atoms with E-state index in [9.17, 15) is 0 Å². The molecule has 0 aliphatic heterocycles. The van der Waals surface area contributed by atoms with Crippen molar-refractivity contribution in [1.29, 1.82) is 0 Å². The maximum Gasteiger partial charge on any atom is 0.0713 e. The summed E-state index contributed by atoms with van der Waals surface area (Å²) in [5.74, 6) is 0. The minimum Gasteiger partial charge on any atom is -0.310 e. The smallest absolute Gasteiger partial charge is 0.0713 e. The van der Waals surface area contributed by atoms with Gasteiger partial charge in [0.25, 0.3) is 0 Å². The Morgan fingerprint density at radius 2 is 0.844 bits per heavy atom. The predicted octanol–water partition coefficient (Wildman–Crippen LogP) is 16.8. The first-order valence-electron chi connectivity index (χ1n) is 22.2. The van der Waals surface area contributed by atoms with E-state index < -0.39 is 5.41 Å². The third kappa shape index (κ3) is 6.08. The van der Waals surface area contributed by atoms with Crippen molar-refractivity contribution < 1.29 is 0 Å². The highest BCUT2D eigenvalue weighted by atomic mass is 15.1. The van der Waals surface area contributed by atoms with Gasteiger partial charge in [0.05, 0.1) is 11.1 Å². The number of fused-ring (bicyclic) bond motifs is 5. The Morgan fingerprint density at radius 3 is 1.64 bits per heavy atom. The van der Waals surface area contributed by atoms with Crippen LogP contribution in [0.25, 0.3) is 66.1 Å². The van der Waals surface area contributed by atoms with Gasteiger partial charge in [0.2, 0.25) is 0 Å². The predicted molar refractivity (Wildman–Crippen MR) is 270 cm³/mol. The summed E-state index contributed by atoms with van der Waals surface area (Å²) in [5.41, 5.74) is 17.5. The number of rotatable bonds is 8. The second-order valence-electron chi connectivity index (χ2n) is 16.8. The summed E-state index contributed by atoms with van der Waals surface area (Å²) >= 11 is 0. The lowest BCUT2D eigenvalue weighted by Crippen LogP contribution is -2.28. The van der Waals surface area contributed by atoms with Crippen molar-refractivity contribution in [2.75, 3.05) is 4.90 Å². The van der Waals surface area contributed by atoms with Crippen LogP contribution in [0.15, 0.2) is 261 Å². The highest BCUT2D eigenvalue weighted by molar-refractivity contribution is 6.07. The van der Waals surface area contributed by atoms with Gasteiger partial charge in [-0.25, -0.2) is 0 Å². The van der Waals surface area contributed by atoms with Crippen molar-refractivity contribution in [1.82, 2.24) is 0 Å². The molecule has 11 aromatic rings. The van der Waals surface area contributed by atoms with Gasteiger partial charge >= 0.3 is 0 Å². The summed E-state index contributed by atoms with van der Waals surface area (Å²) in [4.78, 5) is 2.50. The lowest BCUT2D eigenvalue weighted by Gasteiger charge is -2.34. The third-order valence-electron chi connectivity index (χ3n) is 13.3. The molecule has 0 bridgehead atoms. The highest BCUT2D eigenvalue weighted by Gasteiger charge is 2.46. The van der Waals surface area contributed by atoms with Crippen LogP contribution in [-0.2, 0) is 5.41 Å². The molecule has 0 saturated heterocycles. The average Bonchev–Trinajstić information content (AvgIpc) is 3.67. The van der Waals surface area contributed by atoms with Crippen molar-refractivity contribution >= 4 is 38.6 Å². The molecule has 11 aromatic carbocycles. The molecule has 0 spiro atoms. The van der Waals surface area contributed by atoms with E-state index in [0.717, 1.165) is 17.1 Å². The Morgan fingerprint density at radius 1 is 0.281 bits per heavy atom. The average molecular weight is 814 g/mol. The number of nitrogens with zero attached hydrogens (tertiary/aromatic N) is 1. The Labute approximate surface area is 374 Å². The zero-order valence-corrected chi connectivity index (χ0v) is 35.3. The molecular weight excluding hydrogens is 771 g/mol. The summed E-state index contributed by atoms with van der Waals surface area (Å²) in [6.07, 6.45) is 0. The van der Waals surface area contributed by atoms with E-state index in [1.54, 1.807) is 0 Å². The normalized spacial score (nSPS) is 12.5. The Hall–Kier alpha value is -8.26. The van der Waals surface area contributed by atoms with E-state index in [1.165, 1.54) is 88.3 Å². The van der Waals surface area contributed by atoms with Crippen molar-refractivity contribution in [3.8, 4) is 44.5 Å². The second kappa shape index (κ2) is 15.6. The molecule has 0 fully saturated rings. The molecule has 0 atom stereocenters. The lowest BCUT2D eigenvalue weighted by atomic mass is 9.68. The van der Waals surface area contributed by atoms with E-state index in [-0.39, 0.29) is 0 Å². The van der Waals surface area contributed by atoms with Gasteiger partial charge in [-0.1, -0.05) is 224 Å². The summed E-state index contributed by atoms with van der Waals surface area (Å²) in [6.45, 7) is 0. The Kier molecular flexibility index (Phi) is 9.13. The highest BCUT2D eigenvalue weighted by Crippen LogP contribution is 2.58. The van der Waals surface area contributed by atoms with E-state index in [1.807, 2.05) is 0 Å². The largest absolute Gasteiger partial charge is 0.310 e. The molecule has 64 heavy (non-hydrogen) atoms. The van der Waals surface area contributed by atoms with Crippen molar-refractivity contribution in [2.45, 2.75) is 5.41 Å². The van der Waals surface area contributed by atoms with Crippen molar-refractivity contribution in [3.63, 3.8) is 0 Å². The van der Waals surface area contributed by atoms with Crippen LogP contribution in [0, 0.1) is 0 Å². The summed E-state index contributed by atoms with van der Waals surface area (Å²) in [6, 6.07) is 96.1. The van der Waals surface area contributed by atoms with Crippen LogP contribution < -0.4 is 4.90 Å². The van der Waals surface area contributed by atoms with E-state index in [2.05, 4.69) is 266 Å². The lowest BCUT2D eigenvalue weighted by molar-refractivity contribution is 0.768. The molecule has 0 heterocycles. The van der Waals surface area contributed by atoms with Gasteiger partial charge in [0, 0.05) is 16.9 Å². The second-order valence-corrected chi connectivity index (χ2v) is 16.8. The summed E-state index contributed by atoms with van der Waals surface area (Å²) < 4.78 is 0. The standard InChI is InChI=1S/C63H43N/c1-4-19-44(20-5-1)48-25-16-30-52(42-48)64(53-39-40-60-58(43-53)56-32-14-15-35-59(56)63(60,50-26-6-2-7-27-50)51-28-8-3-9-29-51)61-36-18-33-55(49-38-37-45-21-10-11-23-47(45)41-49)62(61)57-34-17-24-46-22-12-13-31-54(46)57/h1-43H. The molecule has 0 unspecified atom stereocenters. The third-order valence-corrected chi connectivity index (χ3v) is 13.3. The molecule has 0 amide bonds. The van der Waals surface area contributed by atoms with Crippen LogP contribution in [0.4, 0.5) is 17.1 Å². The van der Waals surface area contributed by atoms with Crippen molar-refractivity contribution in [3.05, 3.63) is 283 Å². The number of benzene rings is 11. The van der Waals surface area contributed by atoms with Gasteiger partial charge in [0.15, 0.2) is 0 Å². The van der Waals surface area contributed by atoms with Crippen molar-refractivity contribution in [2.24, 2.45) is 0 Å². The van der Waals surface area contributed by atoms with Gasteiger partial charge in [-0.05, 0) is 119 Å². The molecule has 0 N–H and O–H groups in total. The first-order chi connectivity index (χ1) is 31.8. The van der Waals surface area contributed by atoms with Gasteiger partial charge in [-0.15, -0.1) is 0 Å². The van der Waals surface area contributed by atoms with Crippen LogP contribution in [0.3, 0.4) is 0 Å². The zero-order chi connectivity index (χ0) is 42.5. The van der Waals surface area contributed by atoms with Crippen LogP contribution in [-0.4, -0.2) is 0 Å². The number of hydrogen-bond donors (Lipinski definition) is 0. The Balaban J connectivity index is 1.16. The molecule has 0 saturated carbocycles. The van der Waals surface area contributed by atoms with E-state index in [4.69, 9.17) is 0 Å². The van der Waals surface area contributed by atoms with Gasteiger partial charge in [0.1, 0.15) is 0 Å². The number of anilines is 3. The monoisotopic (exact) mass is 813 g/mol. The SMILES string of the molecule is c1ccc(-c2cccc(N(c3ccc4c(c3)-c3ccccc3C4(c3ccccc3)c3ccccc3)c3cccc(-c4ccc5ccccc5c4)c3-c3cccc4ccccc34)c2)cc1. The molecule has 12 rings (SSSR count). The molecule has 1 aliphatic rings. The molecule has 1 nitrogen and oxygen atoms in total. The minimum atomic E-state index is -0.491. The fraction of sp³-hybridized carbons (Fsp3) is 0.0159. The van der Waals surface area contributed by atoms with E-state index in [0.29, 0.717) is 0 Å². The molecule has 0 radical (unpaired) electrons. The molecular formula is C63H43N. The van der Waals surface area contributed by atoms with Crippen LogP contribution in [0.5, 0.6) is 0 Å². The molecule has 1 heteroatoms. The van der Waals surface area contributed by atoms with Gasteiger partial charge in [-0.3, -0.25) is 0 Å². The van der Waals surface area contributed by atoms with Gasteiger partial charge < -0.3 is 4.90 Å². The quantitative estimate of drug-likeness (QED) is 0.148. The van der Waals surface area contributed by atoms with Crippen LogP contribution in [0.1, 0.15) is 22.3 Å². The summed E-state index contributed by atoms with van der Waals surface area (Å²) in [7, 11) is 0. The molecule has 300 valence electrons. The first-order valence-corrected chi connectivity index (χ1v) is 22.2. The fourth-order valence-electron chi connectivity index (χ4n) is 10.5. The molecule has 1 aliphatic carbocycles. The van der Waals surface area contributed by atoms with Crippen LogP contribution in [0.2, 0.25) is 0 Å². The minimum absolute atomic E-state index is 0.491. The summed E-state index contributed by atoms with van der Waals surface area (Å²) in [5, 5.41) is 4.88. The van der Waals surface area contributed by atoms with Gasteiger partial charge in [-0.2, -0.15) is 0 Å². The maximum absolute atomic E-state index is 2.50. The topological polar surface area (TPSA) is 3.24 Å². The maximum atomic E-state index is 2.50. The zero-order valence-electron chi connectivity index (χ0n) is 35.3. The van der Waals surface area contributed by atoms with E-state index >= 15 is 0 Å². The van der Waals surface area contributed by atoms with Crippen LogP contribution >= 0.6 is 0 Å². The fourth-order valence-corrected chi connectivity index (χ4v) is 10.5. The first kappa shape index (κ1) is 37.5. The Bertz CT molecular complexity index is 3450.